The predicted octanol–water partition coefficient (Wildman–Crippen LogP) is 3.73. The maximum atomic E-state index is 11.8. The van der Waals surface area contributed by atoms with Crippen molar-refractivity contribution < 1.29 is 24.2 Å². The number of ether oxygens (including phenoxy) is 2. The van der Waals surface area contributed by atoms with Gasteiger partial charge in [-0.15, -0.1) is 0 Å². The molecule has 0 aliphatic rings. The second-order valence-corrected chi connectivity index (χ2v) is 5.78. The van der Waals surface area contributed by atoms with Crippen LogP contribution in [0.3, 0.4) is 0 Å². The summed E-state index contributed by atoms with van der Waals surface area (Å²) in [5.41, 5.74) is 0.959. The monoisotopic (exact) mass is 363 g/mol. The molecule has 6 nitrogen and oxygen atoms in total. The van der Waals surface area contributed by atoms with E-state index in [1.54, 1.807) is 6.92 Å². The Hall–Kier alpha value is -2.73. The van der Waals surface area contributed by atoms with E-state index < -0.39 is 12.1 Å². The molecule has 2 aromatic rings. The number of hydrogen-bond donors (Lipinski definition) is 2. The maximum absolute atomic E-state index is 11.8. The third-order valence-electron chi connectivity index (χ3n) is 3.24. The molecular formula is C18H18ClNO5. The first-order valence-corrected chi connectivity index (χ1v) is 7.96. The molecule has 0 bridgehead atoms. The lowest BCUT2D eigenvalue weighted by Gasteiger charge is -2.16. The Balaban J connectivity index is 1.80. The Morgan fingerprint density at radius 1 is 1.20 bits per heavy atom. The van der Waals surface area contributed by atoms with Crippen LogP contribution >= 0.6 is 11.6 Å². The molecule has 1 atom stereocenters. The van der Waals surface area contributed by atoms with Gasteiger partial charge in [-0.25, -0.2) is 9.59 Å². The van der Waals surface area contributed by atoms with Crippen LogP contribution in [0.4, 0.5) is 4.79 Å². The Labute approximate surface area is 150 Å². The topological polar surface area (TPSA) is 84.9 Å². The second kappa shape index (κ2) is 8.94. The van der Waals surface area contributed by atoms with Crippen molar-refractivity contribution in [3.05, 3.63) is 64.7 Å². The third-order valence-corrected chi connectivity index (χ3v) is 3.56. The molecule has 0 aliphatic heterocycles. The van der Waals surface area contributed by atoms with E-state index in [0.717, 1.165) is 5.56 Å². The zero-order valence-electron chi connectivity index (χ0n) is 13.6. The molecular weight excluding hydrogens is 346 g/mol. The normalized spacial score (nSPS) is 11.4. The fraction of sp³-hybridized carbons (Fsp3) is 0.222. The quantitative estimate of drug-likeness (QED) is 0.782. The number of carbonyl (C=O) groups is 2. The fourth-order valence-electron chi connectivity index (χ4n) is 1.97. The van der Waals surface area contributed by atoms with E-state index in [9.17, 15) is 9.59 Å². The summed E-state index contributed by atoms with van der Waals surface area (Å²) in [5.74, 6) is -0.829. The minimum absolute atomic E-state index is 0.0716. The molecule has 0 aromatic heterocycles. The number of benzene rings is 2. The lowest BCUT2D eigenvalue weighted by atomic mass is 10.2. The average Bonchev–Trinajstić information content (AvgIpc) is 2.60. The summed E-state index contributed by atoms with van der Waals surface area (Å²) >= 11 is 5.98. The van der Waals surface area contributed by atoms with Crippen LogP contribution in [0.2, 0.25) is 5.02 Å². The molecule has 25 heavy (non-hydrogen) atoms. The molecule has 0 saturated carbocycles. The van der Waals surface area contributed by atoms with Crippen molar-refractivity contribution >= 4 is 23.7 Å². The van der Waals surface area contributed by atoms with Crippen LogP contribution in [-0.2, 0) is 11.3 Å². The van der Waals surface area contributed by atoms with Crippen molar-refractivity contribution in [1.82, 2.24) is 5.32 Å². The maximum Gasteiger partial charge on any atom is 0.407 e. The van der Waals surface area contributed by atoms with Crippen LogP contribution in [0.5, 0.6) is 5.75 Å². The molecule has 0 spiro atoms. The highest BCUT2D eigenvalue weighted by atomic mass is 35.5. The van der Waals surface area contributed by atoms with Crippen LogP contribution in [-0.4, -0.2) is 29.8 Å². The van der Waals surface area contributed by atoms with Crippen LogP contribution in [0, 0.1) is 0 Å². The third kappa shape index (κ3) is 6.00. The summed E-state index contributed by atoms with van der Waals surface area (Å²) in [6.45, 7) is 2.02. The highest BCUT2D eigenvalue weighted by molar-refractivity contribution is 6.32. The fourth-order valence-corrected chi connectivity index (χ4v) is 2.14. The second-order valence-electron chi connectivity index (χ2n) is 5.37. The van der Waals surface area contributed by atoms with Crippen LogP contribution in [0.25, 0.3) is 0 Å². The highest BCUT2D eigenvalue weighted by Crippen LogP contribution is 2.25. The molecule has 0 heterocycles. The number of halogens is 1. The largest absolute Gasteiger partial charge is 0.490 e. The summed E-state index contributed by atoms with van der Waals surface area (Å²) in [6, 6.07) is 13.2. The number of amides is 1. The Bertz CT molecular complexity index is 736. The molecule has 7 heteroatoms. The number of alkyl carbamates (subject to hydrolysis) is 1. The van der Waals surface area contributed by atoms with Crippen molar-refractivity contribution in [1.29, 1.82) is 0 Å². The minimum Gasteiger partial charge on any atom is -0.490 e. The van der Waals surface area contributed by atoms with Gasteiger partial charge in [0.1, 0.15) is 19.0 Å². The number of carbonyl (C=O) groups excluding carboxylic acids is 1. The Morgan fingerprint density at radius 3 is 2.60 bits per heavy atom. The van der Waals surface area contributed by atoms with Gasteiger partial charge in [-0.3, -0.25) is 0 Å². The van der Waals surface area contributed by atoms with Gasteiger partial charge in [0.2, 0.25) is 0 Å². The number of hydrogen-bond acceptors (Lipinski definition) is 4. The average molecular weight is 364 g/mol. The summed E-state index contributed by atoms with van der Waals surface area (Å²) in [5, 5.41) is 11.9. The van der Waals surface area contributed by atoms with E-state index >= 15 is 0 Å². The first kappa shape index (κ1) is 18.6. The van der Waals surface area contributed by atoms with E-state index in [0.29, 0.717) is 5.02 Å². The SMILES string of the molecule is CC(COc1cc(C(=O)O)ccc1Cl)NC(=O)OCc1ccccc1. The molecule has 0 radical (unpaired) electrons. The van der Waals surface area contributed by atoms with Crippen LogP contribution in [0.15, 0.2) is 48.5 Å². The molecule has 2 aromatic carbocycles. The lowest BCUT2D eigenvalue weighted by Crippen LogP contribution is -2.37. The number of aromatic carboxylic acids is 1. The van der Waals surface area contributed by atoms with Gasteiger partial charge in [-0.2, -0.15) is 0 Å². The minimum atomic E-state index is -1.07. The van der Waals surface area contributed by atoms with Gasteiger partial charge < -0.3 is 19.9 Å². The molecule has 2 N–H and O–H groups in total. The first-order valence-electron chi connectivity index (χ1n) is 7.58. The van der Waals surface area contributed by atoms with Crippen LogP contribution in [0.1, 0.15) is 22.8 Å². The predicted molar refractivity (Wildman–Crippen MR) is 93.1 cm³/mol. The summed E-state index contributed by atoms with van der Waals surface area (Å²) < 4.78 is 10.6. The van der Waals surface area contributed by atoms with E-state index in [-0.39, 0.29) is 30.6 Å². The van der Waals surface area contributed by atoms with Gasteiger partial charge >= 0.3 is 12.1 Å². The zero-order valence-corrected chi connectivity index (χ0v) is 14.3. The van der Waals surface area contributed by atoms with E-state index in [1.165, 1.54) is 18.2 Å². The number of carboxylic acids is 1. The summed E-state index contributed by atoms with van der Waals surface area (Å²) in [6.07, 6.45) is -0.565. The first-order chi connectivity index (χ1) is 12.0. The summed E-state index contributed by atoms with van der Waals surface area (Å²) in [7, 11) is 0. The van der Waals surface area contributed by atoms with Crippen molar-refractivity contribution in [2.24, 2.45) is 0 Å². The Kier molecular flexibility index (Phi) is 6.65. The van der Waals surface area contributed by atoms with Crippen molar-refractivity contribution in [2.45, 2.75) is 19.6 Å². The van der Waals surface area contributed by atoms with E-state index in [4.69, 9.17) is 26.2 Å². The van der Waals surface area contributed by atoms with Crippen molar-refractivity contribution in [3.8, 4) is 5.75 Å². The number of rotatable bonds is 7. The van der Waals surface area contributed by atoms with Gasteiger partial charge in [0, 0.05) is 0 Å². The zero-order chi connectivity index (χ0) is 18.2. The van der Waals surface area contributed by atoms with Gasteiger partial charge in [0.05, 0.1) is 16.6 Å². The van der Waals surface area contributed by atoms with Gasteiger partial charge in [-0.1, -0.05) is 41.9 Å². The molecule has 0 fully saturated rings. The molecule has 1 amide bonds. The van der Waals surface area contributed by atoms with Crippen molar-refractivity contribution in [2.75, 3.05) is 6.61 Å². The van der Waals surface area contributed by atoms with Gasteiger partial charge in [-0.05, 0) is 30.7 Å². The smallest absolute Gasteiger partial charge is 0.407 e. The molecule has 0 saturated heterocycles. The van der Waals surface area contributed by atoms with Crippen molar-refractivity contribution in [3.63, 3.8) is 0 Å². The molecule has 2 rings (SSSR count). The number of nitrogens with one attached hydrogen (secondary N) is 1. The molecule has 0 aliphatic carbocycles. The Morgan fingerprint density at radius 2 is 1.92 bits per heavy atom. The highest BCUT2D eigenvalue weighted by Gasteiger charge is 2.12. The lowest BCUT2D eigenvalue weighted by molar-refractivity contribution is 0.0696. The molecule has 132 valence electrons. The van der Waals surface area contributed by atoms with Gasteiger partial charge in [0.15, 0.2) is 0 Å². The van der Waals surface area contributed by atoms with E-state index in [2.05, 4.69) is 5.32 Å². The van der Waals surface area contributed by atoms with Crippen LogP contribution < -0.4 is 10.1 Å². The molecule has 1 unspecified atom stereocenters. The number of carboxylic acid groups (broad SMARTS) is 1. The van der Waals surface area contributed by atoms with Gasteiger partial charge in [0.25, 0.3) is 0 Å². The summed E-state index contributed by atoms with van der Waals surface area (Å²) in [4.78, 5) is 22.7. The standard InChI is InChI=1S/C18H18ClNO5/c1-12(20-18(23)25-11-13-5-3-2-4-6-13)10-24-16-9-14(17(21)22)7-8-15(16)19/h2-9,12H,10-11H2,1H3,(H,20,23)(H,21,22). The van der Waals surface area contributed by atoms with E-state index in [1.807, 2.05) is 30.3 Å².